The summed E-state index contributed by atoms with van der Waals surface area (Å²) < 4.78 is 5.66. The predicted octanol–water partition coefficient (Wildman–Crippen LogP) is 4.14. The van der Waals surface area contributed by atoms with Crippen molar-refractivity contribution in [2.24, 2.45) is 0 Å². The summed E-state index contributed by atoms with van der Waals surface area (Å²) in [5.41, 5.74) is 4.48. The maximum absolute atomic E-state index is 12.3. The molecule has 4 nitrogen and oxygen atoms in total. The fraction of sp³-hybridized carbons (Fsp3) is 0.409. The van der Waals surface area contributed by atoms with E-state index >= 15 is 0 Å². The number of benzene rings is 2. The van der Waals surface area contributed by atoms with Crippen molar-refractivity contribution in [1.82, 2.24) is 5.32 Å². The van der Waals surface area contributed by atoms with Crippen LogP contribution in [-0.4, -0.2) is 24.7 Å². The van der Waals surface area contributed by atoms with Crippen molar-refractivity contribution in [3.8, 4) is 0 Å². The second kappa shape index (κ2) is 7.92. The van der Waals surface area contributed by atoms with Crippen molar-refractivity contribution < 1.29 is 9.53 Å². The van der Waals surface area contributed by atoms with Gasteiger partial charge < -0.3 is 15.0 Å². The zero-order chi connectivity index (χ0) is 18.6. The van der Waals surface area contributed by atoms with Gasteiger partial charge in [-0.1, -0.05) is 24.3 Å². The van der Waals surface area contributed by atoms with Gasteiger partial charge in [0.05, 0.1) is 5.60 Å². The van der Waals surface area contributed by atoms with Gasteiger partial charge in [0.25, 0.3) is 5.91 Å². The van der Waals surface area contributed by atoms with E-state index in [2.05, 4.69) is 34.5 Å². The fourth-order valence-electron chi connectivity index (χ4n) is 3.09. The van der Waals surface area contributed by atoms with Gasteiger partial charge in [0.2, 0.25) is 0 Å². The molecule has 0 atom stereocenters. The molecule has 0 saturated carbocycles. The fourth-order valence-corrected chi connectivity index (χ4v) is 3.09. The Labute approximate surface area is 156 Å². The molecule has 0 unspecified atom stereocenters. The second-order valence-corrected chi connectivity index (χ2v) is 7.74. The Morgan fingerprint density at radius 1 is 1.04 bits per heavy atom. The van der Waals surface area contributed by atoms with Crippen molar-refractivity contribution in [3.63, 3.8) is 0 Å². The maximum Gasteiger partial charge on any atom is 0.251 e. The van der Waals surface area contributed by atoms with Gasteiger partial charge in [-0.05, 0) is 62.6 Å². The number of nitrogens with zero attached hydrogens (tertiary/aromatic N) is 1. The van der Waals surface area contributed by atoms with Crippen molar-refractivity contribution in [2.75, 3.05) is 18.1 Å². The molecule has 3 rings (SSSR count). The summed E-state index contributed by atoms with van der Waals surface area (Å²) in [7, 11) is 0. The van der Waals surface area contributed by atoms with Crippen LogP contribution in [0.25, 0.3) is 0 Å². The van der Waals surface area contributed by atoms with E-state index in [0.29, 0.717) is 18.7 Å². The molecule has 1 heterocycles. The Hall–Kier alpha value is -2.33. The highest BCUT2D eigenvalue weighted by atomic mass is 16.5. The van der Waals surface area contributed by atoms with Crippen LogP contribution in [0.3, 0.4) is 0 Å². The number of ether oxygens (including phenoxy) is 1. The van der Waals surface area contributed by atoms with Gasteiger partial charge in [-0.3, -0.25) is 4.79 Å². The monoisotopic (exact) mass is 352 g/mol. The van der Waals surface area contributed by atoms with Crippen LogP contribution in [0.4, 0.5) is 5.69 Å². The topological polar surface area (TPSA) is 41.6 Å². The molecule has 1 N–H and O–H groups in total. The molecule has 138 valence electrons. The number of hydrogen-bond donors (Lipinski definition) is 1. The Morgan fingerprint density at radius 3 is 2.23 bits per heavy atom. The van der Waals surface area contributed by atoms with Crippen LogP contribution in [0.1, 0.15) is 48.7 Å². The van der Waals surface area contributed by atoms with E-state index in [1.807, 2.05) is 45.0 Å². The summed E-state index contributed by atoms with van der Waals surface area (Å²) in [6.45, 7) is 9.23. The van der Waals surface area contributed by atoms with Gasteiger partial charge in [0.1, 0.15) is 0 Å². The van der Waals surface area contributed by atoms with Crippen LogP contribution in [0.2, 0.25) is 0 Å². The summed E-state index contributed by atoms with van der Waals surface area (Å²) in [5, 5.41) is 2.96. The van der Waals surface area contributed by atoms with Gasteiger partial charge in [0, 0.05) is 37.5 Å². The van der Waals surface area contributed by atoms with E-state index in [-0.39, 0.29) is 11.5 Å². The van der Waals surface area contributed by atoms with E-state index in [0.717, 1.165) is 25.2 Å². The summed E-state index contributed by atoms with van der Waals surface area (Å²) in [6.07, 6.45) is 0.813. The lowest BCUT2D eigenvalue weighted by Gasteiger charge is -2.19. The van der Waals surface area contributed by atoms with E-state index in [9.17, 15) is 4.79 Å². The molecule has 0 fully saturated rings. The summed E-state index contributed by atoms with van der Waals surface area (Å²) in [4.78, 5) is 14.6. The van der Waals surface area contributed by atoms with E-state index in [1.54, 1.807) is 0 Å². The lowest BCUT2D eigenvalue weighted by Crippen LogP contribution is -2.27. The molecular weight excluding hydrogens is 324 g/mol. The standard InChI is InChI=1S/C22H28N2O2/c1-22(2,3)26-14-6-13-23-21(25)17-9-11-20(12-10-17)24-15-18-7-4-5-8-19(18)16-24/h4-5,7-12H,6,13-16H2,1-3H3,(H,23,25). The number of anilines is 1. The van der Waals surface area contributed by atoms with Gasteiger partial charge in [0.15, 0.2) is 0 Å². The lowest BCUT2D eigenvalue weighted by atomic mass is 10.1. The zero-order valence-corrected chi connectivity index (χ0v) is 15.9. The maximum atomic E-state index is 12.3. The first kappa shape index (κ1) is 18.5. The van der Waals surface area contributed by atoms with Crippen LogP contribution < -0.4 is 10.2 Å². The van der Waals surface area contributed by atoms with E-state index < -0.39 is 0 Å². The number of carbonyl (C=O) groups is 1. The molecule has 4 heteroatoms. The smallest absolute Gasteiger partial charge is 0.251 e. The van der Waals surface area contributed by atoms with Crippen molar-refractivity contribution in [3.05, 3.63) is 65.2 Å². The molecule has 0 radical (unpaired) electrons. The largest absolute Gasteiger partial charge is 0.376 e. The average Bonchev–Trinajstić information content (AvgIpc) is 3.04. The second-order valence-electron chi connectivity index (χ2n) is 7.74. The molecular formula is C22H28N2O2. The van der Waals surface area contributed by atoms with Crippen LogP contribution in [0, 0.1) is 0 Å². The molecule has 0 saturated heterocycles. The minimum absolute atomic E-state index is 0.0305. The average molecular weight is 352 g/mol. The first-order valence-electron chi connectivity index (χ1n) is 9.26. The van der Waals surface area contributed by atoms with Crippen molar-refractivity contribution >= 4 is 11.6 Å². The highest BCUT2D eigenvalue weighted by Crippen LogP contribution is 2.28. The SMILES string of the molecule is CC(C)(C)OCCCNC(=O)c1ccc(N2Cc3ccccc3C2)cc1. The molecule has 2 aromatic rings. The first-order chi connectivity index (χ1) is 12.4. The van der Waals surface area contributed by atoms with Crippen molar-refractivity contribution in [1.29, 1.82) is 0 Å². The molecule has 1 aliphatic heterocycles. The summed E-state index contributed by atoms with van der Waals surface area (Å²) in [5.74, 6) is -0.0305. The number of hydrogen-bond acceptors (Lipinski definition) is 3. The molecule has 1 aliphatic rings. The van der Waals surface area contributed by atoms with Crippen molar-refractivity contribution in [2.45, 2.75) is 45.9 Å². The Balaban J connectivity index is 1.48. The molecule has 2 aromatic carbocycles. The normalized spacial score (nSPS) is 13.6. The summed E-state index contributed by atoms with van der Waals surface area (Å²) in [6, 6.07) is 16.4. The number of fused-ring (bicyclic) bond motifs is 1. The van der Waals surface area contributed by atoms with Crippen LogP contribution >= 0.6 is 0 Å². The Bertz CT molecular complexity index is 722. The minimum atomic E-state index is -0.130. The van der Waals surface area contributed by atoms with E-state index in [4.69, 9.17) is 4.74 Å². The van der Waals surface area contributed by atoms with Crippen LogP contribution in [-0.2, 0) is 17.8 Å². The number of rotatable bonds is 6. The Kier molecular flexibility index (Phi) is 5.62. The highest BCUT2D eigenvalue weighted by Gasteiger charge is 2.18. The number of carbonyl (C=O) groups excluding carboxylic acids is 1. The number of amides is 1. The zero-order valence-electron chi connectivity index (χ0n) is 15.9. The molecule has 0 aromatic heterocycles. The van der Waals surface area contributed by atoms with Crippen LogP contribution in [0.5, 0.6) is 0 Å². The number of nitrogens with one attached hydrogen (secondary N) is 1. The summed E-state index contributed by atoms with van der Waals surface area (Å²) >= 11 is 0. The molecule has 0 aliphatic carbocycles. The third kappa shape index (κ3) is 4.85. The third-order valence-corrected chi connectivity index (χ3v) is 4.48. The molecule has 1 amide bonds. The molecule has 0 spiro atoms. The molecule has 0 bridgehead atoms. The third-order valence-electron chi connectivity index (χ3n) is 4.48. The Morgan fingerprint density at radius 2 is 1.65 bits per heavy atom. The van der Waals surface area contributed by atoms with Gasteiger partial charge >= 0.3 is 0 Å². The minimum Gasteiger partial charge on any atom is -0.376 e. The quantitative estimate of drug-likeness (QED) is 0.795. The van der Waals surface area contributed by atoms with Gasteiger partial charge in [-0.2, -0.15) is 0 Å². The molecule has 26 heavy (non-hydrogen) atoms. The first-order valence-corrected chi connectivity index (χ1v) is 9.26. The van der Waals surface area contributed by atoms with Gasteiger partial charge in [-0.15, -0.1) is 0 Å². The lowest BCUT2D eigenvalue weighted by molar-refractivity contribution is -0.00363. The van der Waals surface area contributed by atoms with Crippen LogP contribution in [0.15, 0.2) is 48.5 Å². The van der Waals surface area contributed by atoms with Gasteiger partial charge in [-0.25, -0.2) is 0 Å². The highest BCUT2D eigenvalue weighted by molar-refractivity contribution is 5.94. The van der Waals surface area contributed by atoms with E-state index in [1.165, 1.54) is 11.1 Å². The predicted molar refractivity (Wildman–Crippen MR) is 105 cm³/mol.